The number of urea groups is 1. The van der Waals surface area contributed by atoms with Crippen molar-refractivity contribution in [1.29, 1.82) is 0 Å². The molecule has 5 rings (SSSR count). The Balaban J connectivity index is 1.37. The van der Waals surface area contributed by atoms with Crippen LogP contribution in [0.5, 0.6) is 0 Å². The number of hydrogen-bond acceptors (Lipinski definition) is 4. The van der Waals surface area contributed by atoms with Crippen molar-refractivity contribution < 1.29 is 4.79 Å². The second-order valence-electron chi connectivity index (χ2n) is 8.52. The Morgan fingerprint density at radius 2 is 1.56 bits per heavy atom. The summed E-state index contributed by atoms with van der Waals surface area (Å²) in [7, 11) is 0. The Bertz CT molecular complexity index is 1370. The smallest absolute Gasteiger partial charge is 0.321 e. The monoisotopic (exact) mass is 453 g/mol. The third kappa shape index (κ3) is 4.37. The van der Waals surface area contributed by atoms with Gasteiger partial charge < -0.3 is 15.1 Å². The summed E-state index contributed by atoms with van der Waals surface area (Å²) in [6.07, 6.45) is 0. The largest absolute Gasteiger partial charge is 0.348 e. The zero-order chi connectivity index (χ0) is 23.5. The van der Waals surface area contributed by atoms with Crippen LogP contribution >= 0.6 is 0 Å². The average molecular weight is 454 g/mol. The normalized spacial score (nSPS) is 13.8. The zero-order valence-corrected chi connectivity index (χ0v) is 19.1. The van der Waals surface area contributed by atoms with Crippen LogP contribution in [0.3, 0.4) is 0 Å². The van der Waals surface area contributed by atoms with E-state index in [0.29, 0.717) is 38.5 Å². The van der Waals surface area contributed by atoms with E-state index in [1.165, 1.54) is 0 Å². The third-order valence-corrected chi connectivity index (χ3v) is 6.27. The molecule has 1 aromatic heterocycles. The van der Waals surface area contributed by atoms with Gasteiger partial charge in [0.15, 0.2) is 5.82 Å². The number of aryl methyl sites for hydroxylation is 1. The first-order valence-electron chi connectivity index (χ1n) is 11.5. The molecule has 0 unspecified atom stereocenters. The van der Waals surface area contributed by atoms with Gasteiger partial charge in [0.05, 0.1) is 17.6 Å². The van der Waals surface area contributed by atoms with Crippen molar-refractivity contribution in [2.24, 2.45) is 0 Å². The molecule has 7 nitrogen and oxygen atoms in total. The van der Waals surface area contributed by atoms with Gasteiger partial charge in [-0.1, -0.05) is 60.7 Å². The van der Waals surface area contributed by atoms with Gasteiger partial charge in [-0.2, -0.15) is 0 Å². The maximum Gasteiger partial charge on any atom is 0.321 e. The summed E-state index contributed by atoms with van der Waals surface area (Å²) < 4.78 is 1.80. The van der Waals surface area contributed by atoms with E-state index in [1.807, 2.05) is 90.7 Å². The second kappa shape index (κ2) is 9.39. The average Bonchev–Trinajstić information content (AvgIpc) is 2.87. The van der Waals surface area contributed by atoms with Crippen LogP contribution in [0.1, 0.15) is 11.1 Å². The molecule has 3 aromatic carbocycles. The van der Waals surface area contributed by atoms with Crippen molar-refractivity contribution in [2.45, 2.75) is 13.5 Å². The van der Waals surface area contributed by atoms with Crippen molar-refractivity contribution in [3.63, 3.8) is 0 Å². The van der Waals surface area contributed by atoms with Crippen LogP contribution in [0, 0.1) is 6.92 Å². The minimum Gasteiger partial charge on any atom is -0.348 e. The van der Waals surface area contributed by atoms with Crippen LogP contribution in [-0.4, -0.2) is 46.7 Å². The van der Waals surface area contributed by atoms with Gasteiger partial charge >= 0.3 is 6.03 Å². The van der Waals surface area contributed by atoms with Crippen molar-refractivity contribution in [3.8, 4) is 0 Å². The molecular formula is C27H27N5O2. The van der Waals surface area contributed by atoms with Gasteiger partial charge in [0.2, 0.25) is 0 Å². The number of nitrogens with zero attached hydrogens (tertiary/aromatic N) is 4. The molecule has 172 valence electrons. The van der Waals surface area contributed by atoms with Gasteiger partial charge in [-0.3, -0.25) is 9.36 Å². The number of carbonyl (C=O) groups excluding carboxylic acids is 1. The van der Waals surface area contributed by atoms with Gasteiger partial charge in [0, 0.05) is 31.9 Å². The number of hydrogen-bond donors (Lipinski definition) is 1. The highest BCUT2D eigenvalue weighted by Gasteiger charge is 2.25. The molecule has 2 amide bonds. The SMILES string of the molecule is Cc1ccccc1NC(=O)N1CCN(c2nc3ccccc3n(Cc3ccccc3)c2=O)CC1. The number of piperazine rings is 1. The Kier molecular flexibility index (Phi) is 5.99. The maximum atomic E-state index is 13.5. The summed E-state index contributed by atoms with van der Waals surface area (Å²) in [5, 5.41) is 2.99. The number of carbonyl (C=O) groups is 1. The standard InChI is InChI=1S/C27H27N5O2/c1-20-9-5-6-12-22(20)29-27(34)31-17-15-30(16-18-31)25-26(33)32(19-21-10-3-2-4-11-21)24-14-8-7-13-23(24)28-25/h2-14H,15-19H2,1H3,(H,29,34). The van der Waals surface area contributed by atoms with E-state index >= 15 is 0 Å². The molecule has 1 aliphatic heterocycles. The summed E-state index contributed by atoms with van der Waals surface area (Å²) in [5.41, 5.74) is 4.39. The molecule has 0 saturated carbocycles. The molecule has 0 atom stereocenters. The van der Waals surface area contributed by atoms with Gasteiger partial charge in [-0.05, 0) is 36.2 Å². The molecule has 4 aromatic rings. The number of amides is 2. The highest BCUT2D eigenvalue weighted by Crippen LogP contribution is 2.18. The van der Waals surface area contributed by atoms with Crippen molar-refractivity contribution in [2.75, 3.05) is 36.4 Å². The van der Waals surface area contributed by atoms with Crippen molar-refractivity contribution in [3.05, 3.63) is 100 Å². The number of fused-ring (bicyclic) bond motifs is 1. The van der Waals surface area contributed by atoms with Crippen LogP contribution in [0.25, 0.3) is 11.0 Å². The van der Waals surface area contributed by atoms with E-state index in [-0.39, 0.29) is 11.6 Å². The fraction of sp³-hybridized carbons (Fsp3) is 0.222. The van der Waals surface area contributed by atoms with Gasteiger partial charge in [0.1, 0.15) is 0 Å². The zero-order valence-electron chi connectivity index (χ0n) is 19.1. The van der Waals surface area contributed by atoms with E-state index in [1.54, 1.807) is 9.47 Å². The summed E-state index contributed by atoms with van der Waals surface area (Å²) in [6.45, 7) is 4.59. The van der Waals surface area contributed by atoms with Crippen LogP contribution in [0.15, 0.2) is 83.7 Å². The Morgan fingerprint density at radius 3 is 2.32 bits per heavy atom. The fourth-order valence-electron chi connectivity index (χ4n) is 4.34. The number of aromatic nitrogens is 2. The van der Waals surface area contributed by atoms with Gasteiger partial charge in [0.25, 0.3) is 5.56 Å². The lowest BCUT2D eigenvalue weighted by Crippen LogP contribution is -2.51. The maximum absolute atomic E-state index is 13.5. The predicted molar refractivity (Wildman–Crippen MR) is 136 cm³/mol. The quantitative estimate of drug-likeness (QED) is 0.505. The Labute approximate surface area is 198 Å². The second-order valence-corrected chi connectivity index (χ2v) is 8.52. The van der Waals surface area contributed by atoms with E-state index in [2.05, 4.69) is 5.32 Å². The lowest BCUT2D eigenvalue weighted by Gasteiger charge is -2.35. The Morgan fingerprint density at radius 1 is 0.882 bits per heavy atom. The molecule has 7 heteroatoms. The summed E-state index contributed by atoms with van der Waals surface area (Å²) >= 11 is 0. The molecule has 1 fully saturated rings. The molecular weight excluding hydrogens is 426 g/mol. The molecule has 2 heterocycles. The van der Waals surface area contributed by atoms with Crippen LogP contribution in [0.4, 0.5) is 16.3 Å². The molecule has 1 aliphatic rings. The predicted octanol–water partition coefficient (Wildman–Crippen LogP) is 4.11. The highest BCUT2D eigenvalue weighted by molar-refractivity contribution is 5.90. The lowest BCUT2D eigenvalue weighted by molar-refractivity contribution is 0.208. The molecule has 0 radical (unpaired) electrons. The van der Waals surface area contributed by atoms with Gasteiger partial charge in [-0.25, -0.2) is 9.78 Å². The summed E-state index contributed by atoms with van der Waals surface area (Å²) in [5.74, 6) is 0.439. The molecule has 1 saturated heterocycles. The molecule has 0 bridgehead atoms. The Hall–Kier alpha value is -4.13. The number of benzene rings is 3. The number of anilines is 2. The van der Waals surface area contributed by atoms with E-state index in [0.717, 1.165) is 27.8 Å². The third-order valence-electron chi connectivity index (χ3n) is 6.27. The molecule has 34 heavy (non-hydrogen) atoms. The molecule has 0 aliphatic carbocycles. The minimum absolute atomic E-state index is 0.111. The fourth-order valence-corrected chi connectivity index (χ4v) is 4.34. The van der Waals surface area contributed by atoms with E-state index in [4.69, 9.17) is 4.98 Å². The summed E-state index contributed by atoms with van der Waals surface area (Å²) in [4.78, 5) is 34.8. The number of rotatable bonds is 4. The molecule has 1 N–H and O–H groups in total. The van der Waals surface area contributed by atoms with E-state index < -0.39 is 0 Å². The minimum atomic E-state index is -0.123. The van der Waals surface area contributed by atoms with Gasteiger partial charge in [-0.15, -0.1) is 0 Å². The summed E-state index contributed by atoms with van der Waals surface area (Å²) in [6, 6.07) is 25.3. The number of para-hydroxylation sites is 3. The highest BCUT2D eigenvalue weighted by atomic mass is 16.2. The first-order chi connectivity index (χ1) is 16.6. The molecule has 0 spiro atoms. The topological polar surface area (TPSA) is 70.5 Å². The van der Waals surface area contributed by atoms with Crippen molar-refractivity contribution >= 4 is 28.6 Å². The first-order valence-corrected chi connectivity index (χ1v) is 11.5. The van der Waals surface area contributed by atoms with Crippen molar-refractivity contribution in [1.82, 2.24) is 14.5 Å². The van der Waals surface area contributed by atoms with E-state index in [9.17, 15) is 9.59 Å². The van der Waals surface area contributed by atoms with Crippen LogP contribution in [0.2, 0.25) is 0 Å². The van der Waals surface area contributed by atoms with Crippen LogP contribution in [-0.2, 0) is 6.54 Å². The number of nitrogens with one attached hydrogen (secondary N) is 1. The first kappa shape index (κ1) is 21.7. The lowest BCUT2D eigenvalue weighted by atomic mass is 10.2. The van der Waals surface area contributed by atoms with Crippen LogP contribution < -0.4 is 15.8 Å².